The first-order valence-corrected chi connectivity index (χ1v) is 8.33. The van der Waals surface area contributed by atoms with Crippen molar-refractivity contribution in [1.82, 2.24) is 15.2 Å². The van der Waals surface area contributed by atoms with E-state index >= 15 is 0 Å². The van der Waals surface area contributed by atoms with Crippen LogP contribution in [-0.2, 0) is 4.79 Å². The molecule has 2 atom stereocenters. The molecular weight excluding hydrogens is 312 g/mol. The van der Waals surface area contributed by atoms with Gasteiger partial charge in [0.15, 0.2) is 0 Å². The second-order valence-electron chi connectivity index (χ2n) is 6.33. The molecule has 0 spiro atoms. The van der Waals surface area contributed by atoms with E-state index in [1.807, 2.05) is 55.5 Å². The minimum Gasteiger partial charge on any atom is -0.326 e. The molecule has 1 unspecified atom stereocenters. The van der Waals surface area contributed by atoms with Crippen LogP contribution in [0, 0.1) is 12.8 Å². The summed E-state index contributed by atoms with van der Waals surface area (Å²) in [5, 5.41) is 11.1. The molecule has 1 saturated carbocycles. The van der Waals surface area contributed by atoms with E-state index in [9.17, 15) is 4.79 Å². The molecule has 5 heteroatoms. The molecule has 1 amide bonds. The van der Waals surface area contributed by atoms with Crippen molar-refractivity contribution >= 4 is 11.6 Å². The van der Waals surface area contributed by atoms with E-state index in [1.54, 1.807) is 12.4 Å². The number of aromatic nitrogens is 3. The molecular formula is C20H18N4O. The molecule has 0 saturated heterocycles. The van der Waals surface area contributed by atoms with Crippen molar-refractivity contribution in [3.8, 4) is 11.3 Å². The van der Waals surface area contributed by atoms with E-state index in [1.165, 1.54) is 0 Å². The van der Waals surface area contributed by atoms with Gasteiger partial charge in [-0.1, -0.05) is 12.1 Å². The van der Waals surface area contributed by atoms with Crippen LogP contribution in [0.4, 0.5) is 5.69 Å². The van der Waals surface area contributed by atoms with E-state index in [0.29, 0.717) is 0 Å². The summed E-state index contributed by atoms with van der Waals surface area (Å²) in [5.74, 6) is 0.270. The summed E-state index contributed by atoms with van der Waals surface area (Å²) >= 11 is 0. The zero-order chi connectivity index (χ0) is 17.2. The van der Waals surface area contributed by atoms with Gasteiger partial charge in [-0.25, -0.2) is 0 Å². The highest BCUT2D eigenvalue weighted by atomic mass is 16.2. The zero-order valence-electron chi connectivity index (χ0n) is 13.9. The Labute approximate surface area is 146 Å². The standard InChI is InChI=1S/C20H18N4O/c1-13-7-8-14(11-15(13)19-6-4-10-22-24-19)23-20(25)17-12-16(17)18-5-2-3-9-21-18/h2-11,16-17H,12H2,1H3,(H,23,25)/t16?,17-/m1/s1. The number of pyridine rings is 1. The SMILES string of the molecule is Cc1ccc(NC(=O)[C@@H]2CC2c2ccccn2)cc1-c1cccnn1. The van der Waals surface area contributed by atoms with Crippen molar-refractivity contribution in [2.45, 2.75) is 19.3 Å². The second-order valence-corrected chi connectivity index (χ2v) is 6.33. The molecule has 1 aromatic carbocycles. The Morgan fingerprint density at radius 1 is 1.12 bits per heavy atom. The highest BCUT2D eigenvalue weighted by molar-refractivity contribution is 5.95. The third-order valence-electron chi connectivity index (χ3n) is 4.55. The predicted octanol–water partition coefficient (Wildman–Crippen LogP) is 3.59. The number of benzene rings is 1. The number of hydrogen-bond donors (Lipinski definition) is 1. The molecule has 2 aromatic heterocycles. The number of nitrogens with zero attached hydrogens (tertiary/aromatic N) is 3. The summed E-state index contributed by atoms with van der Waals surface area (Å²) < 4.78 is 0. The first-order chi connectivity index (χ1) is 12.2. The van der Waals surface area contributed by atoms with Gasteiger partial charge in [-0.2, -0.15) is 10.2 Å². The minimum absolute atomic E-state index is 0.00355. The van der Waals surface area contributed by atoms with Gasteiger partial charge >= 0.3 is 0 Å². The summed E-state index contributed by atoms with van der Waals surface area (Å²) in [5.41, 5.74) is 4.64. The smallest absolute Gasteiger partial charge is 0.228 e. The van der Waals surface area contributed by atoms with E-state index in [4.69, 9.17) is 0 Å². The highest BCUT2D eigenvalue weighted by Crippen LogP contribution is 2.47. The van der Waals surface area contributed by atoms with Gasteiger partial charge in [0.05, 0.1) is 5.69 Å². The van der Waals surface area contributed by atoms with Gasteiger partial charge in [0.25, 0.3) is 0 Å². The lowest BCUT2D eigenvalue weighted by atomic mass is 10.0. The van der Waals surface area contributed by atoms with Crippen LogP contribution >= 0.6 is 0 Å². The van der Waals surface area contributed by atoms with Crippen LogP contribution in [-0.4, -0.2) is 21.1 Å². The average molecular weight is 330 g/mol. The Kier molecular flexibility index (Phi) is 3.98. The van der Waals surface area contributed by atoms with Crippen LogP contribution in [0.15, 0.2) is 60.9 Å². The number of carbonyl (C=O) groups excluding carboxylic acids is 1. The molecule has 2 heterocycles. The molecule has 1 fully saturated rings. The van der Waals surface area contributed by atoms with Gasteiger partial charge in [0.1, 0.15) is 0 Å². The van der Waals surface area contributed by atoms with Gasteiger partial charge in [-0.15, -0.1) is 0 Å². The van der Waals surface area contributed by atoms with Gasteiger partial charge in [-0.3, -0.25) is 9.78 Å². The first kappa shape index (κ1) is 15.4. The number of amides is 1. The summed E-state index contributed by atoms with van der Waals surface area (Å²) in [4.78, 5) is 16.9. The fraction of sp³-hybridized carbons (Fsp3) is 0.200. The van der Waals surface area contributed by atoms with Gasteiger partial charge in [-0.05, 0) is 55.3 Å². The Morgan fingerprint density at radius 3 is 2.80 bits per heavy atom. The molecule has 1 aliphatic carbocycles. The van der Waals surface area contributed by atoms with Crippen molar-refractivity contribution < 1.29 is 4.79 Å². The first-order valence-electron chi connectivity index (χ1n) is 8.33. The monoisotopic (exact) mass is 330 g/mol. The third kappa shape index (κ3) is 3.26. The summed E-state index contributed by atoms with van der Waals surface area (Å²) in [6.07, 6.45) is 4.27. The molecule has 1 N–H and O–H groups in total. The fourth-order valence-corrected chi connectivity index (χ4v) is 3.06. The molecule has 0 aliphatic heterocycles. The number of hydrogen-bond acceptors (Lipinski definition) is 4. The summed E-state index contributed by atoms with van der Waals surface area (Å²) in [7, 11) is 0. The molecule has 4 rings (SSSR count). The summed E-state index contributed by atoms with van der Waals surface area (Å²) in [6, 6.07) is 15.5. The lowest BCUT2D eigenvalue weighted by Crippen LogP contribution is -2.14. The number of carbonyl (C=O) groups is 1. The molecule has 124 valence electrons. The summed E-state index contributed by atoms with van der Waals surface area (Å²) in [6.45, 7) is 2.02. The van der Waals surface area contributed by atoms with Gasteiger partial charge in [0, 0.05) is 41.2 Å². The maximum absolute atomic E-state index is 12.5. The van der Waals surface area contributed by atoms with Gasteiger partial charge < -0.3 is 5.32 Å². The number of aryl methyl sites for hydroxylation is 1. The topological polar surface area (TPSA) is 67.8 Å². The largest absolute Gasteiger partial charge is 0.326 e. The van der Waals surface area contributed by atoms with Crippen LogP contribution in [0.1, 0.15) is 23.6 Å². The van der Waals surface area contributed by atoms with Crippen LogP contribution in [0.25, 0.3) is 11.3 Å². The maximum atomic E-state index is 12.5. The zero-order valence-corrected chi connectivity index (χ0v) is 13.9. The molecule has 25 heavy (non-hydrogen) atoms. The van der Waals surface area contributed by atoms with Crippen molar-refractivity contribution in [2.75, 3.05) is 5.32 Å². The normalized spacial score (nSPS) is 18.6. The van der Waals surface area contributed by atoms with Crippen LogP contribution in [0.3, 0.4) is 0 Å². The third-order valence-corrected chi connectivity index (χ3v) is 4.55. The van der Waals surface area contributed by atoms with E-state index in [-0.39, 0.29) is 17.7 Å². The number of anilines is 1. The maximum Gasteiger partial charge on any atom is 0.228 e. The lowest BCUT2D eigenvalue weighted by Gasteiger charge is -2.09. The van der Waals surface area contributed by atoms with Gasteiger partial charge in [0.2, 0.25) is 5.91 Å². The quantitative estimate of drug-likeness (QED) is 0.794. The Hall–Kier alpha value is -3.08. The molecule has 5 nitrogen and oxygen atoms in total. The number of rotatable bonds is 4. The van der Waals surface area contributed by atoms with Crippen molar-refractivity contribution in [2.24, 2.45) is 5.92 Å². The van der Waals surface area contributed by atoms with Crippen LogP contribution < -0.4 is 5.32 Å². The van der Waals surface area contributed by atoms with Crippen LogP contribution in [0.5, 0.6) is 0 Å². The minimum atomic E-state index is -0.00355. The Bertz CT molecular complexity index is 896. The van der Waals surface area contributed by atoms with E-state index in [0.717, 1.165) is 34.6 Å². The molecule has 0 bridgehead atoms. The highest BCUT2D eigenvalue weighted by Gasteiger charge is 2.44. The Balaban J connectivity index is 1.49. The second kappa shape index (κ2) is 6.43. The van der Waals surface area contributed by atoms with Crippen molar-refractivity contribution in [1.29, 1.82) is 0 Å². The lowest BCUT2D eigenvalue weighted by molar-refractivity contribution is -0.117. The van der Waals surface area contributed by atoms with Crippen LogP contribution in [0.2, 0.25) is 0 Å². The molecule has 0 radical (unpaired) electrons. The molecule has 1 aliphatic rings. The molecule has 3 aromatic rings. The van der Waals surface area contributed by atoms with E-state index in [2.05, 4.69) is 20.5 Å². The fourth-order valence-electron chi connectivity index (χ4n) is 3.06. The Morgan fingerprint density at radius 2 is 2.04 bits per heavy atom. The predicted molar refractivity (Wildman–Crippen MR) is 95.9 cm³/mol. The van der Waals surface area contributed by atoms with Crippen molar-refractivity contribution in [3.05, 3.63) is 72.2 Å². The van der Waals surface area contributed by atoms with E-state index < -0.39 is 0 Å². The average Bonchev–Trinajstić information content (AvgIpc) is 3.46. The number of nitrogens with one attached hydrogen (secondary N) is 1. The van der Waals surface area contributed by atoms with Crippen molar-refractivity contribution in [3.63, 3.8) is 0 Å².